The van der Waals surface area contributed by atoms with E-state index >= 15 is 0 Å². The van der Waals surface area contributed by atoms with Crippen molar-refractivity contribution in [1.29, 1.82) is 0 Å². The van der Waals surface area contributed by atoms with Gasteiger partial charge >= 0.3 is 6.03 Å². The number of urea groups is 1. The first kappa shape index (κ1) is 15.4. The summed E-state index contributed by atoms with van der Waals surface area (Å²) >= 11 is 0. The van der Waals surface area contributed by atoms with Crippen LogP contribution in [-0.2, 0) is 13.0 Å². The quantitative estimate of drug-likeness (QED) is 0.889. The van der Waals surface area contributed by atoms with E-state index in [0.29, 0.717) is 5.69 Å². The number of benzene rings is 2. The smallest absolute Gasteiger partial charge is 0.308 e. The lowest BCUT2D eigenvalue weighted by Crippen LogP contribution is -2.27. The van der Waals surface area contributed by atoms with Crippen molar-refractivity contribution < 1.29 is 13.6 Å². The Morgan fingerprint density at radius 1 is 1.00 bits per heavy atom. The Kier molecular flexibility index (Phi) is 4.25. The zero-order valence-corrected chi connectivity index (χ0v) is 12.7. The lowest BCUT2D eigenvalue weighted by molar-refractivity contribution is 0.262. The number of amides is 2. The van der Waals surface area contributed by atoms with Crippen LogP contribution in [0.15, 0.2) is 36.4 Å². The van der Waals surface area contributed by atoms with Gasteiger partial charge in [0.05, 0.1) is 0 Å². The van der Waals surface area contributed by atoms with Gasteiger partial charge in [-0.2, -0.15) is 0 Å². The topological polar surface area (TPSA) is 44.4 Å². The van der Waals surface area contributed by atoms with Crippen LogP contribution in [0.2, 0.25) is 0 Å². The zero-order chi connectivity index (χ0) is 16.4. The Bertz CT molecular complexity index is 749. The lowest BCUT2D eigenvalue weighted by Gasteiger charge is -2.25. The summed E-state index contributed by atoms with van der Waals surface area (Å²) in [5, 5.41) is 5.18. The molecule has 0 fully saturated rings. The lowest BCUT2D eigenvalue weighted by atomic mass is 9.99. The Hall–Kier alpha value is -2.47. The van der Waals surface area contributed by atoms with Crippen molar-refractivity contribution in [1.82, 2.24) is 4.90 Å². The third kappa shape index (κ3) is 3.65. The number of likely N-dealkylation sites (N-methyl/N-ethyl adjacent to an activating group) is 1. The molecule has 3 rings (SSSR count). The number of nitrogens with zero attached hydrogens (tertiary/aromatic N) is 1. The molecule has 0 bridgehead atoms. The molecule has 2 N–H and O–H groups in total. The summed E-state index contributed by atoms with van der Waals surface area (Å²) in [4.78, 5) is 14.2. The molecule has 4 nitrogen and oxygen atoms in total. The molecule has 6 heteroatoms. The molecule has 0 saturated heterocycles. The Morgan fingerprint density at radius 3 is 2.43 bits per heavy atom. The summed E-state index contributed by atoms with van der Waals surface area (Å²) < 4.78 is 26.0. The van der Waals surface area contributed by atoms with Gasteiger partial charge in [-0.25, -0.2) is 13.6 Å². The van der Waals surface area contributed by atoms with Gasteiger partial charge in [0.1, 0.15) is 0 Å². The van der Waals surface area contributed by atoms with Gasteiger partial charge in [-0.15, -0.1) is 0 Å². The molecule has 0 aliphatic carbocycles. The molecular weight excluding hydrogens is 300 g/mol. The maximum absolute atomic E-state index is 13.1. The minimum atomic E-state index is -1.00. The summed E-state index contributed by atoms with van der Waals surface area (Å²) in [5.41, 5.74) is 3.33. The molecule has 23 heavy (non-hydrogen) atoms. The molecule has 0 aromatic heterocycles. The van der Waals surface area contributed by atoms with Crippen LogP contribution in [0.3, 0.4) is 0 Å². The normalized spacial score (nSPS) is 14.2. The molecule has 0 atom stereocenters. The first-order chi connectivity index (χ1) is 11.0. The number of fused-ring (bicyclic) bond motifs is 1. The van der Waals surface area contributed by atoms with Crippen molar-refractivity contribution >= 4 is 17.4 Å². The van der Waals surface area contributed by atoms with Gasteiger partial charge in [0.15, 0.2) is 11.6 Å². The second-order valence-corrected chi connectivity index (χ2v) is 5.68. The van der Waals surface area contributed by atoms with Crippen molar-refractivity contribution in [2.24, 2.45) is 0 Å². The van der Waals surface area contributed by atoms with E-state index in [1.165, 1.54) is 17.2 Å². The van der Waals surface area contributed by atoms with Crippen LogP contribution >= 0.6 is 0 Å². The fourth-order valence-electron chi connectivity index (χ4n) is 2.64. The van der Waals surface area contributed by atoms with Gasteiger partial charge in [0.25, 0.3) is 0 Å². The maximum atomic E-state index is 13.1. The van der Waals surface area contributed by atoms with Crippen LogP contribution in [0, 0.1) is 11.6 Å². The number of nitrogens with one attached hydrogen (secondary N) is 2. The van der Waals surface area contributed by atoms with E-state index in [1.54, 1.807) is 0 Å². The average molecular weight is 317 g/mol. The second kappa shape index (κ2) is 6.34. The van der Waals surface area contributed by atoms with E-state index in [9.17, 15) is 13.6 Å². The zero-order valence-electron chi connectivity index (χ0n) is 12.7. The largest absolute Gasteiger partial charge is 0.323 e. The molecule has 1 heterocycles. The highest BCUT2D eigenvalue weighted by Crippen LogP contribution is 2.22. The molecule has 2 aromatic rings. The molecule has 2 aromatic carbocycles. The maximum Gasteiger partial charge on any atom is 0.323 e. The van der Waals surface area contributed by atoms with Crippen molar-refractivity contribution in [3.05, 3.63) is 59.2 Å². The van der Waals surface area contributed by atoms with Crippen molar-refractivity contribution in [3.63, 3.8) is 0 Å². The fraction of sp³-hybridized carbons (Fsp3) is 0.235. The highest BCUT2D eigenvalue weighted by Gasteiger charge is 2.14. The monoisotopic (exact) mass is 317 g/mol. The first-order valence-electron chi connectivity index (χ1n) is 7.34. The van der Waals surface area contributed by atoms with Crippen LogP contribution in [0.5, 0.6) is 0 Å². The van der Waals surface area contributed by atoms with E-state index < -0.39 is 17.7 Å². The van der Waals surface area contributed by atoms with Crippen molar-refractivity contribution in [2.45, 2.75) is 13.0 Å². The molecule has 0 saturated carbocycles. The summed E-state index contributed by atoms with van der Waals surface area (Å²) in [6.45, 7) is 1.87. The molecular formula is C17H17F2N3O. The molecule has 2 amide bonds. The molecule has 0 spiro atoms. The first-order valence-corrected chi connectivity index (χ1v) is 7.34. The van der Waals surface area contributed by atoms with Crippen LogP contribution in [0.1, 0.15) is 11.1 Å². The fourth-order valence-corrected chi connectivity index (χ4v) is 2.64. The van der Waals surface area contributed by atoms with Crippen LogP contribution in [0.25, 0.3) is 0 Å². The van der Waals surface area contributed by atoms with Gasteiger partial charge in [-0.05, 0) is 48.9 Å². The average Bonchev–Trinajstić information content (AvgIpc) is 2.50. The Balaban J connectivity index is 1.68. The predicted molar refractivity (Wildman–Crippen MR) is 85.5 cm³/mol. The minimum absolute atomic E-state index is 0.194. The summed E-state index contributed by atoms with van der Waals surface area (Å²) in [7, 11) is 2.05. The Labute approximate surface area is 133 Å². The number of hydrogen-bond donors (Lipinski definition) is 2. The van der Waals surface area contributed by atoms with Crippen molar-refractivity contribution in [2.75, 3.05) is 24.2 Å². The molecule has 0 unspecified atom stereocenters. The molecule has 1 aliphatic rings. The van der Waals surface area contributed by atoms with Crippen LogP contribution in [-0.4, -0.2) is 24.5 Å². The summed E-state index contributed by atoms with van der Waals surface area (Å²) in [6.07, 6.45) is 0.993. The number of carbonyl (C=O) groups is 1. The molecule has 120 valence electrons. The molecule has 1 aliphatic heterocycles. The number of rotatable bonds is 2. The standard InChI is InChI=1S/C17H17F2N3O/c1-22-7-6-11-2-3-13(8-12(11)10-22)20-17(23)21-14-4-5-15(18)16(19)9-14/h2-5,8-9H,6-7,10H2,1H3,(H2,20,21,23). The predicted octanol–water partition coefficient (Wildman–Crippen LogP) is 3.60. The van der Waals surface area contributed by atoms with E-state index in [1.807, 2.05) is 18.2 Å². The SMILES string of the molecule is CN1CCc2ccc(NC(=O)Nc3ccc(F)c(F)c3)cc2C1. The van der Waals surface area contributed by atoms with E-state index in [0.717, 1.165) is 31.6 Å². The van der Waals surface area contributed by atoms with Gasteiger partial charge in [0.2, 0.25) is 0 Å². The van der Waals surface area contributed by atoms with Crippen LogP contribution in [0.4, 0.5) is 25.0 Å². The highest BCUT2D eigenvalue weighted by atomic mass is 19.2. The number of carbonyl (C=O) groups excluding carboxylic acids is 1. The van der Waals surface area contributed by atoms with Gasteiger partial charge in [-0.3, -0.25) is 0 Å². The van der Waals surface area contributed by atoms with E-state index in [2.05, 4.69) is 22.6 Å². The second-order valence-electron chi connectivity index (χ2n) is 5.68. The third-order valence-corrected chi connectivity index (χ3v) is 3.84. The summed E-state index contributed by atoms with van der Waals surface area (Å²) in [5.74, 6) is -1.95. The number of hydrogen-bond acceptors (Lipinski definition) is 2. The minimum Gasteiger partial charge on any atom is -0.308 e. The summed E-state index contributed by atoms with van der Waals surface area (Å²) in [6, 6.07) is 8.51. The molecule has 0 radical (unpaired) electrons. The Morgan fingerprint density at radius 2 is 1.70 bits per heavy atom. The van der Waals surface area contributed by atoms with Crippen LogP contribution < -0.4 is 10.6 Å². The van der Waals surface area contributed by atoms with Gasteiger partial charge in [-0.1, -0.05) is 6.07 Å². The number of halogens is 2. The van der Waals surface area contributed by atoms with Gasteiger partial charge in [0, 0.05) is 30.5 Å². The highest BCUT2D eigenvalue weighted by molar-refractivity contribution is 5.99. The van der Waals surface area contributed by atoms with Crippen molar-refractivity contribution in [3.8, 4) is 0 Å². The van der Waals surface area contributed by atoms with E-state index in [-0.39, 0.29) is 5.69 Å². The van der Waals surface area contributed by atoms with Gasteiger partial charge < -0.3 is 15.5 Å². The number of anilines is 2. The van der Waals surface area contributed by atoms with E-state index in [4.69, 9.17) is 0 Å². The third-order valence-electron chi connectivity index (χ3n) is 3.84.